The first kappa shape index (κ1) is 22.5. The van der Waals surface area contributed by atoms with Gasteiger partial charge in [-0.3, -0.25) is 4.79 Å². The Balaban J connectivity index is 1.62. The van der Waals surface area contributed by atoms with Crippen LogP contribution in [0.4, 0.5) is 0 Å². The molecule has 1 saturated heterocycles. The molecule has 1 aromatic carbocycles. The highest BCUT2D eigenvalue weighted by Gasteiger charge is 2.34. The minimum atomic E-state index is -3.73. The van der Waals surface area contributed by atoms with Crippen molar-refractivity contribution in [2.24, 2.45) is 5.92 Å². The van der Waals surface area contributed by atoms with Crippen molar-refractivity contribution in [3.8, 4) is 5.75 Å². The molecule has 0 spiro atoms. The summed E-state index contributed by atoms with van der Waals surface area (Å²) in [5.41, 5.74) is 0.946. The number of carbonyl (C=O) groups is 1. The summed E-state index contributed by atoms with van der Waals surface area (Å²) in [6.45, 7) is 3.47. The number of nitrogens with zero attached hydrogens (tertiary/aromatic N) is 3. The van der Waals surface area contributed by atoms with Crippen LogP contribution in [0.1, 0.15) is 25.3 Å². The number of para-hydroxylation sites is 1. The van der Waals surface area contributed by atoms with Crippen LogP contribution < -0.4 is 4.74 Å². The molecule has 7 nitrogen and oxygen atoms in total. The SMILES string of the molecule is CCOc1ccccc1CN(C)C(=O)C1CCN(S(=O)(=O)c2cccnc2Cl)CC1. The lowest BCUT2D eigenvalue weighted by atomic mass is 9.96. The number of pyridine rings is 1. The Morgan fingerprint density at radius 1 is 1.23 bits per heavy atom. The van der Waals surface area contributed by atoms with Gasteiger partial charge in [0.2, 0.25) is 15.9 Å². The first-order valence-corrected chi connectivity index (χ1v) is 11.7. The molecule has 0 unspecified atom stereocenters. The van der Waals surface area contributed by atoms with Gasteiger partial charge in [-0.25, -0.2) is 13.4 Å². The van der Waals surface area contributed by atoms with Gasteiger partial charge in [0.15, 0.2) is 0 Å². The van der Waals surface area contributed by atoms with Crippen molar-refractivity contribution in [3.05, 3.63) is 53.3 Å². The van der Waals surface area contributed by atoms with E-state index in [0.29, 0.717) is 26.0 Å². The highest BCUT2D eigenvalue weighted by molar-refractivity contribution is 7.89. The van der Waals surface area contributed by atoms with Crippen LogP contribution in [0.25, 0.3) is 0 Å². The average molecular weight is 452 g/mol. The van der Waals surface area contributed by atoms with Crippen LogP contribution in [0.5, 0.6) is 5.75 Å². The number of benzene rings is 1. The molecule has 1 amide bonds. The summed E-state index contributed by atoms with van der Waals surface area (Å²) in [6.07, 6.45) is 2.38. The molecule has 3 rings (SSSR count). The third kappa shape index (κ3) is 4.94. The average Bonchev–Trinajstić information content (AvgIpc) is 2.75. The highest BCUT2D eigenvalue weighted by Crippen LogP contribution is 2.28. The third-order valence-corrected chi connectivity index (χ3v) is 7.55. The molecule has 1 aliphatic heterocycles. The fourth-order valence-electron chi connectivity index (χ4n) is 3.62. The Morgan fingerprint density at radius 2 is 1.93 bits per heavy atom. The molecule has 2 aromatic rings. The van der Waals surface area contributed by atoms with Gasteiger partial charge >= 0.3 is 0 Å². The van der Waals surface area contributed by atoms with Crippen LogP contribution in [-0.2, 0) is 21.4 Å². The molecule has 0 bridgehead atoms. The second-order valence-electron chi connectivity index (χ2n) is 7.21. The minimum absolute atomic E-state index is 0.00101. The molecular weight excluding hydrogens is 426 g/mol. The van der Waals surface area contributed by atoms with Crippen molar-refractivity contribution >= 4 is 27.5 Å². The number of aromatic nitrogens is 1. The first-order valence-electron chi connectivity index (χ1n) is 9.91. The molecule has 2 heterocycles. The van der Waals surface area contributed by atoms with Crippen molar-refractivity contribution < 1.29 is 17.9 Å². The number of sulfonamides is 1. The van der Waals surface area contributed by atoms with Crippen molar-refractivity contribution in [1.29, 1.82) is 0 Å². The Hall–Kier alpha value is -2.16. The summed E-state index contributed by atoms with van der Waals surface area (Å²) < 4.78 is 32.7. The fourth-order valence-corrected chi connectivity index (χ4v) is 5.52. The molecule has 0 aliphatic carbocycles. The molecule has 0 saturated carbocycles. The summed E-state index contributed by atoms with van der Waals surface area (Å²) in [6, 6.07) is 10.7. The number of amides is 1. The summed E-state index contributed by atoms with van der Waals surface area (Å²) in [5, 5.41) is -0.0385. The Labute approximate surface area is 182 Å². The number of halogens is 1. The largest absolute Gasteiger partial charge is 0.494 e. The van der Waals surface area contributed by atoms with Crippen LogP contribution in [0, 0.1) is 5.92 Å². The summed E-state index contributed by atoms with van der Waals surface area (Å²) in [4.78, 5) is 18.5. The number of hydrogen-bond acceptors (Lipinski definition) is 5. The zero-order chi connectivity index (χ0) is 21.7. The first-order chi connectivity index (χ1) is 14.3. The second-order valence-corrected chi connectivity index (χ2v) is 9.47. The van der Waals surface area contributed by atoms with E-state index in [2.05, 4.69) is 4.98 Å². The van der Waals surface area contributed by atoms with Gasteiger partial charge in [-0.15, -0.1) is 0 Å². The molecule has 1 aromatic heterocycles. The third-order valence-electron chi connectivity index (χ3n) is 5.20. The molecule has 1 aliphatic rings. The van der Waals surface area contributed by atoms with Crippen LogP contribution in [0.3, 0.4) is 0 Å². The van der Waals surface area contributed by atoms with Gasteiger partial charge in [-0.2, -0.15) is 4.31 Å². The molecular formula is C21H26ClN3O4S. The van der Waals surface area contributed by atoms with E-state index >= 15 is 0 Å². The van der Waals surface area contributed by atoms with Gasteiger partial charge in [-0.1, -0.05) is 29.8 Å². The van der Waals surface area contributed by atoms with Crippen molar-refractivity contribution in [2.45, 2.75) is 31.2 Å². The van der Waals surface area contributed by atoms with E-state index in [1.54, 1.807) is 18.0 Å². The van der Waals surface area contributed by atoms with E-state index in [1.807, 2.05) is 31.2 Å². The van der Waals surface area contributed by atoms with Crippen molar-refractivity contribution in [2.75, 3.05) is 26.7 Å². The number of ether oxygens (including phenoxy) is 1. The monoisotopic (exact) mass is 451 g/mol. The predicted octanol–water partition coefficient (Wildman–Crippen LogP) is 3.19. The highest BCUT2D eigenvalue weighted by atomic mass is 35.5. The van der Waals surface area contributed by atoms with E-state index < -0.39 is 10.0 Å². The smallest absolute Gasteiger partial charge is 0.246 e. The molecule has 0 N–H and O–H groups in total. The standard InChI is InChI=1S/C21H26ClN3O4S/c1-3-29-18-8-5-4-7-17(18)15-24(2)21(26)16-10-13-25(14-11-16)30(27,28)19-9-6-12-23-20(19)22/h4-9,12,16H,3,10-11,13-15H2,1-2H3. The van der Waals surface area contributed by atoms with E-state index in [-0.39, 0.29) is 35.0 Å². The van der Waals surface area contributed by atoms with E-state index in [0.717, 1.165) is 11.3 Å². The minimum Gasteiger partial charge on any atom is -0.494 e. The molecule has 1 fully saturated rings. The van der Waals surface area contributed by atoms with Crippen LogP contribution in [-0.4, -0.2) is 55.3 Å². The van der Waals surface area contributed by atoms with Crippen LogP contribution >= 0.6 is 11.6 Å². The number of carbonyl (C=O) groups excluding carboxylic acids is 1. The maximum absolute atomic E-state index is 12.9. The number of hydrogen-bond donors (Lipinski definition) is 0. The maximum atomic E-state index is 12.9. The van der Waals surface area contributed by atoms with Crippen molar-refractivity contribution in [1.82, 2.24) is 14.2 Å². The van der Waals surface area contributed by atoms with Gasteiger partial charge in [-0.05, 0) is 38.0 Å². The number of piperidine rings is 1. The van der Waals surface area contributed by atoms with Crippen molar-refractivity contribution in [3.63, 3.8) is 0 Å². The van der Waals surface area contributed by atoms with Gasteiger partial charge in [0.05, 0.1) is 6.61 Å². The van der Waals surface area contributed by atoms with E-state index in [4.69, 9.17) is 16.3 Å². The van der Waals surface area contributed by atoms with Gasteiger partial charge in [0.1, 0.15) is 15.8 Å². The zero-order valence-corrected chi connectivity index (χ0v) is 18.7. The van der Waals surface area contributed by atoms with Gasteiger partial charge in [0.25, 0.3) is 0 Å². The van der Waals surface area contributed by atoms with Crippen LogP contribution in [0.15, 0.2) is 47.5 Å². The summed E-state index contributed by atoms with van der Waals surface area (Å²) >= 11 is 5.97. The maximum Gasteiger partial charge on any atom is 0.246 e. The number of rotatable bonds is 7. The zero-order valence-electron chi connectivity index (χ0n) is 17.1. The van der Waals surface area contributed by atoms with E-state index in [9.17, 15) is 13.2 Å². The second kappa shape index (κ2) is 9.76. The Kier molecular flexibility index (Phi) is 7.33. The lowest BCUT2D eigenvalue weighted by Crippen LogP contribution is -2.43. The molecule has 0 atom stereocenters. The predicted molar refractivity (Wildman–Crippen MR) is 115 cm³/mol. The molecule has 162 valence electrons. The lowest BCUT2D eigenvalue weighted by Gasteiger charge is -2.32. The Bertz CT molecular complexity index is 991. The molecule has 30 heavy (non-hydrogen) atoms. The molecule has 0 radical (unpaired) electrons. The van der Waals surface area contributed by atoms with Gasteiger partial charge in [0, 0.05) is 44.4 Å². The van der Waals surface area contributed by atoms with Gasteiger partial charge < -0.3 is 9.64 Å². The molecule has 9 heteroatoms. The fraction of sp³-hybridized carbons (Fsp3) is 0.429. The Morgan fingerprint density at radius 3 is 2.60 bits per heavy atom. The van der Waals surface area contributed by atoms with Crippen LogP contribution in [0.2, 0.25) is 5.15 Å². The quantitative estimate of drug-likeness (QED) is 0.604. The summed E-state index contributed by atoms with van der Waals surface area (Å²) in [7, 11) is -1.96. The van der Waals surface area contributed by atoms with E-state index in [1.165, 1.54) is 16.6 Å². The topological polar surface area (TPSA) is 79.8 Å². The summed E-state index contributed by atoms with van der Waals surface area (Å²) in [5.74, 6) is 0.566. The lowest BCUT2D eigenvalue weighted by molar-refractivity contribution is -0.135. The normalized spacial score (nSPS) is 15.7.